The molecule has 0 N–H and O–H groups in total. The Balaban J connectivity index is 2.31. The van der Waals surface area contributed by atoms with Crippen LogP contribution in [0.1, 0.15) is 17.0 Å². The molecule has 0 saturated carbocycles. The predicted molar refractivity (Wildman–Crippen MR) is 80.5 cm³/mol. The van der Waals surface area contributed by atoms with Gasteiger partial charge in [-0.15, -0.1) is 9.36 Å². The number of nitrogens with zero attached hydrogens (tertiary/aromatic N) is 5. The van der Waals surface area contributed by atoms with Gasteiger partial charge in [0.25, 0.3) is 5.82 Å². The molecule has 2 heterocycles. The fourth-order valence-corrected chi connectivity index (χ4v) is 2.61. The van der Waals surface area contributed by atoms with Crippen LogP contribution in [-0.4, -0.2) is 9.67 Å². The summed E-state index contributed by atoms with van der Waals surface area (Å²) in [5, 5.41) is 9.37. The normalized spacial score (nSPS) is 10.5. The molecule has 0 radical (unpaired) electrons. The highest BCUT2D eigenvalue weighted by Crippen LogP contribution is 2.20. The number of benzene rings is 1. The van der Waals surface area contributed by atoms with Crippen molar-refractivity contribution in [3.63, 3.8) is 0 Å². The van der Waals surface area contributed by atoms with Gasteiger partial charge in [0.15, 0.2) is 13.2 Å². The van der Waals surface area contributed by atoms with Crippen molar-refractivity contribution in [2.75, 3.05) is 0 Å². The van der Waals surface area contributed by atoms with Gasteiger partial charge < -0.3 is 0 Å². The Morgan fingerprint density at radius 1 is 1.18 bits per heavy atom. The number of nitriles is 1. The molecule has 0 aliphatic carbocycles. The lowest BCUT2D eigenvalue weighted by Crippen LogP contribution is -2.39. The highest BCUT2D eigenvalue weighted by Gasteiger charge is 2.19. The average molecular weight is 291 g/mol. The van der Waals surface area contributed by atoms with E-state index in [9.17, 15) is 5.26 Å². The molecular formula is C17H17N5+2. The van der Waals surface area contributed by atoms with Crippen LogP contribution < -0.4 is 9.25 Å². The van der Waals surface area contributed by atoms with Crippen molar-refractivity contribution in [1.82, 2.24) is 9.67 Å². The number of aromatic nitrogens is 4. The molecule has 0 bridgehead atoms. The zero-order valence-corrected chi connectivity index (χ0v) is 12.9. The quantitative estimate of drug-likeness (QED) is 0.671. The average Bonchev–Trinajstić information content (AvgIpc) is 2.94. The first-order valence-electron chi connectivity index (χ1n) is 7.04. The second-order valence-electron chi connectivity index (χ2n) is 5.20. The van der Waals surface area contributed by atoms with Crippen LogP contribution in [0.2, 0.25) is 0 Å². The first-order chi connectivity index (χ1) is 10.6. The van der Waals surface area contributed by atoms with E-state index >= 15 is 0 Å². The third kappa shape index (κ3) is 2.25. The lowest BCUT2D eigenvalue weighted by Gasteiger charge is -2.10. The van der Waals surface area contributed by atoms with Gasteiger partial charge in [0.1, 0.15) is 23.8 Å². The van der Waals surface area contributed by atoms with Crippen molar-refractivity contribution in [1.29, 1.82) is 5.26 Å². The van der Waals surface area contributed by atoms with Gasteiger partial charge in [0, 0.05) is 30.7 Å². The van der Waals surface area contributed by atoms with Gasteiger partial charge >= 0.3 is 0 Å². The lowest BCUT2D eigenvalue weighted by molar-refractivity contribution is -0.744. The number of hydrogen-bond acceptors (Lipinski definition) is 2. The molecule has 0 saturated heterocycles. The minimum Gasteiger partial charge on any atom is -0.200 e. The summed E-state index contributed by atoms with van der Waals surface area (Å²) in [6.07, 6.45) is 7.68. The van der Waals surface area contributed by atoms with Crippen molar-refractivity contribution in [3.05, 3.63) is 66.0 Å². The second kappa shape index (κ2) is 5.41. The predicted octanol–water partition coefficient (Wildman–Crippen LogP) is 1.46. The fourth-order valence-electron chi connectivity index (χ4n) is 2.61. The Labute approximate surface area is 129 Å². The summed E-state index contributed by atoms with van der Waals surface area (Å²) in [6, 6.07) is 9.92. The number of rotatable bonds is 2. The van der Waals surface area contributed by atoms with E-state index in [4.69, 9.17) is 0 Å². The molecular weight excluding hydrogens is 274 g/mol. The van der Waals surface area contributed by atoms with E-state index in [1.807, 2.05) is 70.8 Å². The number of aryl methyl sites for hydroxylation is 2. The molecule has 0 unspecified atom stereocenters. The molecule has 22 heavy (non-hydrogen) atoms. The van der Waals surface area contributed by atoms with Gasteiger partial charge in [-0.3, -0.25) is 0 Å². The molecule has 0 aliphatic heterocycles. The Kier molecular flexibility index (Phi) is 3.43. The van der Waals surface area contributed by atoms with Crippen LogP contribution >= 0.6 is 0 Å². The van der Waals surface area contributed by atoms with E-state index < -0.39 is 0 Å². The third-order valence-corrected chi connectivity index (χ3v) is 3.79. The van der Waals surface area contributed by atoms with Crippen LogP contribution in [0, 0.1) is 25.2 Å². The van der Waals surface area contributed by atoms with E-state index in [1.165, 1.54) is 0 Å². The Morgan fingerprint density at radius 3 is 2.64 bits per heavy atom. The van der Waals surface area contributed by atoms with E-state index in [2.05, 4.69) is 18.0 Å². The molecule has 0 amide bonds. The van der Waals surface area contributed by atoms with Crippen LogP contribution in [0.3, 0.4) is 0 Å². The highest BCUT2D eigenvalue weighted by atomic mass is 15.4. The first kappa shape index (κ1) is 14.0. The van der Waals surface area contributed by atoms with Gasteiger partial charge in [-0.1, -0.05) is 4.98 Å². The van der Waals surface area contributed by atoms with Gasteiger partial charge in [0.2, 0.25) is 0 Å². The molecule has 0 aliphatic rings. The van der Waals surface area contributed by atoms with Gasteiger partial charge in [-0.25, -0.2) is 4.57 Å². The lowest BCUT2D eigenvalue weighted by atomic mass is 10.1. The van der Waals surface area contributed by atoms with E-state index in [0.29, 0.717) is 5.56 Å². The molecule has 0 spiro atoms. The summed E-state index contributed by atoms with van der Waals surface area (Å²) in [4.78, 5) is 4.33. The molecule has 3 aromatic rings. The zero-order valence-electron chi connectivity index (χ0n) is 12.9. The van der Waals surface area contributed by atoms with Crippen LogP contribution in [0.5, 0.6) is 0 Å². The van der Waals surface area contributed by atoms with Crippen LogP contribution in [0.4, 0.5) is 0 Å². The molecule has 5 heteroatoms. The smallest absolute Gasteiger partial charge is 0.200 e. The van der Waals surface area contributed by atoms with Crippen molar-refractivity contribution < 1.29 is 9.25 Å². The van der Waals surface area contributed by atoms with Gasteiger partial charge in [-0.2, -0.15) is 5.26 Å². The molecule has 3 rings (SSSR count). The van der Waals surface area contributed by atoms with Crippen LogP contribution in [-0.2, 0) is 7.05 Å². The summed E-state index contributed by atoms with van der Waals surface area (Å²) in [6.45, 7) is 4.01. The highest BCUT2D eigenvalue weighted by molar-refractivity contribution is 5.54. The van der Waals surface area contributed by atoms with Crippen molar-refractivity contribution in [2.24, 2.45) is 7.05 Å². The first-order valence-corrected chi connectivity index (χ1v) is 7.04. The Morgan fingerprint density at radius 2 is 2.00 bits per heavy atom. The standard InChI is InChI=1S/C17H17N5/c1-13-16(21-8-4-6-19-14(21)2)10-15(12-18)11-17(13)22-9-5-7-20(22)3/h4-11H,1-3H3/q+2. The minimum absolute atomic E-state index is 0.625. The second-order valence-corrected chi connectivity index (χ2v) is 5.20. The molecule has 5 nitrogen and oxygen atoms in total. The molecule has 0 fully saturated rings. The maximum Gasteiger partial charge on any atom is 0.300 e. The topological polar surface area (TPSA) is 49.4 Å². The largest absolute Gasteiger partial charge is 0.300 e. The molecule has 2 aromatic heterocycles. The number of hydrogen-bond donors (Lipinski definition) is 0. The SMILES string of the molecule is Cc1c(-n2ccc[n+]2C)cc(C#N)cc1-[n+]1cccnc1C. The van der Waals surface area contributed by atoms with Gasteiger partial charge in [0.05, 0.1) is 17.8 Å². The fraction of sp³-hybridized carbons (Fsp3) is 0.176. The van der Waals surface area contributed by atoms with E-state index in [1.54, 1.807) is 6.20 Å². The summed E-state index contributed by atoms with van der Waals surface area (Å²) >= 11 is 0. The summed E-state index contributed by atoms with van der Waals surface area (Å²) in [5.41, 5.74) is 3.66. The summed E-state index contributed by atoms with van der Waals surface area (Å²) < 4.78 is 6.00. The molecule has 0 atom stereocenters. The summed E-state index contributed by atoms with van der Waals surface area (Å²) in [7, 11) is 1.97. The molecule has 108 valence electrons. The van der Waals surface area contributed by atoms with Gasteiger partial charge in [-0.05, 0) is 13.0 Å². The van der Waals surface area contributed by atoms with Crippen LogP contribution in [0.15, 0.2) is 49.1 Å². The van der Waals surface area contributed by atoms with E-state index in [0.717, 1.165) is 22.8 Å². The van der Waals surface area contributed by atoms with E-state index in [-0.39, 0.29) is 0 Å². The third-order valence-electron chi connectivity index (χ3n) is 3.79. The zero-order chi connectivity index (χ0) is 15.7. The minimum atomic E-state index is 0.625. The van der Waals surface area contributed by atoms with Crippen LogP contribution in [0.25, 0.3) is 11.4 Å². The maximum atomic E-state index is 9.37. The van der Waals surface area contributed by atoms with Crippen molar-refractivity contribution in [3.8, 4) is 17.4 Å². The maximum absolute atomic E-state index is 9.37. The van der Waals surface area contributed by atoms with Crippen molar-refractivity contribution >= 4 is 0 Å². The molecule has 1 aromatic carbocycles. The van der Waals surface area contributed by atoms with Crippen molar-refractivity contribution in [2.45, 2.75) is 13.8 Å². The Bertz CT molecular complexity index is 886. The Hall–Kier alpha value is -3.00. The monoisotopic (exact) mass is 291 g/mol. The summed E-state index contributed by atoms with van der Waals surface area (Å²) in [5.74, 6) is 0.878.